The van der Waals surface area contributed by atoms with E-state index >= 15 is 0 Å². The molecule has 0 fully saturated rings. The van der Waals surface area contributed by atoms with Crippen molar-refractivity contribution in [2.45, 2.75) is 32.0 Å². The molecule has 0 aromatic heterocycles. The second kappa shape index (κ2) is 2.82. The van der Waals surface area contributed by atoms with Crippen molar-refractivity contribution in [2.75, 3.05) is 0 Å². The van der Waals surface area contributed by atoms with Crippen molar-refractivity contribution in [2.24, 2.45) is 0 Å². The van der Waals surface area contributed by atoms with Crippen LogP contribution < -0.4 is 0 Å². The Morgan fingerprint density at radius 2 is 2.08 bits per heavy atom. The molecule has 2 N–H and O–H groups in total. The van der Waals surface area contributed by atoms with E-state index < -0.39 is 5.79 Å². The molecule has 1 aliphatic rings. The number of hydrogen-bond acceptors (Lipinski definition) is 2. The van der Waals surface area contributed by atoms with E-state index in [2.05, 4.69) is 0 Å². The molecule has 0 atom stereocenters. The summed E-state index contributed by atoms with van der Waals surface area (Å²) in [7, 11) is 0. The van der Waals surface area contributed by atoms with Gasteiger partial charge in [-0.2, -0.15) is 0 Å². The maximum absolute atomic E-state index is 9.76. The average Bonchev–Trinajstić information content (AvgIpc) is 2.02. The van der Waals surface area contributed by atoms with Gasteiger partial charge in [-0.25, -0.2) is 0 Å². The molecule has 2 nitrogen and oxygen atoms in total. The molecule has 0 saturated carbocycles. The molecular weight excluding hydrogens is 164 g/mol. The largest absolute Gasteiger partial charge is 0.362 e. The quantitative estimate of drug-likeness (QED) is 0.590. The minimum atomic E-state index is -1.60. The van der Waals surface area contributed by atoms with E-state index in [1.54, 1.807) is 0 Å². The lowest BCUT2D eigenvalue weighted by Crippen LogP contribution is -2.31. The van der Waals surface area contributed by atoms with Gasteiger partial charge < -0.3 is 10.2 Å². The highest BCUT2D eigenvalue weighted by Crippen LogP contribution is 2.34. The van der Waals surface area contributed by atoms with Crippen molar-refractivity contribution < 1.29 is 10.2 Å². The normalized spacial score (nSPS) is 19.6. The Balaban J connectivity index is 2.61. The van der Waals surface area contributed by atoms with E-state index in [1.807, 2.05) is 25.1 Å². The van der Waals surface area contributed by atoms with Crippen LogP contribution in [0, 0.1) is 6.92 Å². The fourth-order valence-electron chi connectivity index (χ4n) is 2.16. The molecule has 1 aromatic carbocycles. The molecule has 0 heterocycles. The lowest BCUT2D eigenvalue weighted by Gasteiger charge is -2.30. The van der Waals surface area contributed by atoms with E-state index in [4.69, 9.17) is 0 Å². The molecule has 0 bridgehead atoms. The van der Waals surface area contributed by atoms with Gasteiger partial charge in [0.1, 0.15) is 0 Å². The van der Waals surface area contributed by atoms with Crippen molar-refractivity contribution in [3.63, 3.8) is 0 Å². The molecule has 0 radical (unpaired) electrons. The number of aryl methyl sites for hydroxylation is 2. The van der Waals surface area contributed by atoms with Gasteiger partial charge in [-0.3, -0.25) is 0 Å². The first-order chi connectivity index (χ1) is 6.11. The van der Waals surface area contributed by atoms with Crippen molar-refractivity contribution in [3.8, 4) is 0 Å². The fraction of sp³-hybridized carbons (Fsp3) is 0.455. The van der Waals surface area contributed by atoms with E-state index in [9.17, 15) is 10.2 Å². The van der Waals surface area contributed by atoms with Crippen molar-refractivity contribution >= 4 is 0 Å². The zero-order valence-corrected chi connectivity index (χ0v) is 7.75. The van der Waals surface area contributed by atoms with Gasteiger partial charge in [-0.1, -0.05) is 18.2 Å². The van der Waals surface area contributed by atoms with Crippen LogP contribution in [0.4, 0.5) is 0 Å². The summed E-state index contributed by atoms with van der Waals surface area (Å²) in [6, 6.07) is 5.86. The summed E-state index contributed by atoms with van der Waals surface area (Å²) >= 11 is 0. The third kappa shape index (κ3) is 1.36. The summed E-state index contributed by atoms with van der Waals surface area (Å²) in [5.74, 6) is -1.60. The average molecular weight is 178 g/mol. The summed E-state index contributed by atoms with van der Waals surface area (Å²) in [6.07, 6.45) is 2.26. The van der Waals surface area contributed by atoms with Gasteiger partial charge >= 0.3 is 0 Å². The number of fused-ring (bicyclic) bond motifs is 1. The monoisotopic (exact) mass is 178 g/mol. The predicted molar refractivity (Wildman–Crippen MR) is 50.2 cm³/mol. The van der Waals surface area contributed by atoms with Gasteiger partial charge in [0, 0.05) is 12.0 Å². The summed E-state index contributed by atoms with van der Waals surface area (Å²) in [6.45, 7) is 1.92. The van der Waals surface area contributed by atoms with Crippen molar-refractivity contribution in [1.82, 2.24) is 0 Å². The highest BCUT2D eigenvalue weighted by Gasteiger charge is 2.32. The predicted octanol–water partition coefficient (Wildman–Crippen LogP) is 1.47. The SMILES string of the molecule is Cc1cccc2c1C(O)(O)CCC2. The molecule has 13 heavy (non-hydrogen) atoms. The van der Waals surface area contributed by atoms with Crippen LogP contribution >= 0.6 is 0 Å². The lowest BCUT2D eigenvalue weighted by atomic mass is 9.84. The topological polar surface area (TPSA) is 40.5 Å². The van der Waals surface area contributed by atoms with Crippen LogP contribution in [0.15, 0.2) is 18.2 Å². The molecule has 1 aromatic rings. The minimum Gasteiger partial charge on any atom is -0.362 e. The Labute approximate surface area is 77.8 Å². The van der Waals surface area contributed by atoms with E-state index in [1.165, 1.54) is 0 Å². The standard InChI is InChI=1S/C11H14O2/c1-8-4-2-5-9-6-3-7-11(12,13)10(8)9/h2,4-5,12-13H,3,6-7H2,1H3. The van der Waals surface area contributed by atoms with E-state index in [0.717, 1.165) is 29.5 Å². The van der Waals surface area contributed by atoms with Gasteiger partial charge in [-0.15, -0.1) is 0 Å². The Morgan fingerprint density at radius 1 is 1.31 bits per heavy atom. The molecule has 2 heteroatoms. The molecule has 1 aliphatic carbocycles. The van der Waals surface area contributed by atoms with Crippen LogP contribution in [-0.2, 0) is 12.2 Å². The second-order valence-corrected chi connectivity index (χ2v) is 3.78. The Kier molecular flexibility index (Phi) is 1.90. The van der Waals surface area contributed by atoms with Crippen LogP contribution in [-0.4, -0.2) is 10.2 Å². The first-order valence-electron chi connectivity index (χ1n) is 4.65. The lowest BCUT2D eigenvalue weighted by molar-refractivity contribution is -0.179. The van der Waals surface area contributed by atoms with Gasteiger partial charge in [0.25, 0.3) is 0 Å². The maximum atomic E-state index is 9.76. The zero-order chi connectivity index (χ0) is 9.47. The van der Waals surface area contributed by atoms with E-state index in [0.29, 0.717) is 6.42 Å². The molecule has 0 spiro atoms. The highest BCUT2D eigenvalue weighted by atomic mass is 16.5. The smallest absolute Gasteiger partial charge is 0.190 e. The van der Waals surface area contributed by atoms with Gasteiger partial charge in [0.15, 0.2) is 5.79 Å². The third-order valence-corrected chi connectivity index (χ3v) is 2.73. The summed E-state index contributed by atoms with van der Waals surface area (Å²) in [5, 5.41) is 19.5. The number of hydrogen-bond donors (Lipinski definition) is 2. The van der Waals surface area contributed by atoms with Gasteiger partial charge in [0.05, 0.1) is 0 Å². The molecule has 0 unspecified atom stereocenters. The molecule has 70 valence electrons. The van der Waals surface area contributed by atoms with E-state index in [-0.39, 0.29) is 0 Å². The highest BCUT2D eigenvalue weighted by molar-refractivity contribution is 5.39. The maximum Gasteiger partial charge on any atom is 0.190 e. The Morgan fingerprint density at radius 3 is 2.77 bits per heavy atom. The molecule has 2 rings (SSSR count). The minimum absolute atomic E-state index is 0.449. The Hall–Kier alpha value is -0.860. The molecule has 0 aliphatic heterocycles. The molecule has 0 saturated heterocycles. The first kappa shape index (κ1) is 8.73. The van der Waals surface area contributed by atoms with Crippen LogP contribution in [0.3, 0.4) is 0 Å². The van der Waals surface area contributed by atoms with Crippen LogP contribution in [0.5, 0.6) is 0 Å². The third-order valence-electron chi connectivity index (χ3n) is 2.73. The molecular formula is C11H14O2. The van der Waals surface area contributed by atoms with Crippen LogP contribution in [0.2, 0.25) is 0 Å². The summed E-state index contributed by atoms with van der Waals surface area (Å²) in [4.78, 5) is 0. The first-order valence-corrected chi connectivity index (χ1v) is 4.65. The second-order valence-electron chi connectivity index (χ2n) is 3.78. The Bertz CT molecular complexity index is 329. The number of rotatable bonds is 0. The van der Waals surface area contributed by atoms with Gasteiger partial charge in [-0.05, 0) is 30.9 Å². The van der Waals surface area contributed by atoms with Crippen molar-refractivity contribution in [1.29, 1.82) is 0 Å². The fourth-order valence-corrected chi connectivity index (χ4v) is 2.16. The van der Waals surface area contributed by atoms with Crippen LogP contribution in [0.25, 0.3) is 0 Å². The van der Waals surface area contributed by atoms with Crippen molar-refractivity contribution in [3.05, 3.63) is 34.9 Å². The van der Waals surface area contributed by atoms with Gasteiger partial charge in [0.2, 0.25) is 0 Å². The molecule has 0 amide bonds. The number of aliphatic hydroxyl groups is 2. The van der Waals surface area contributed by atoms with Crippen LogP contribution in [0.1, 0.15) is 29.5 Å². The zero-order valence-electron chi connectivity index (χ0n) is 7.75. The summed E-state index contributed by atoms with van der Waals surface area (Å²) < 4.78 is 0. The summed E-state index contributed by atoms with van der Waals surface area (Å²) in [5.41, 5.74) is 2.78. The number of benzene rings is 1.